The number of carbonyl (C=O) groups is 2. The summed E-state index contributed by atoms with van der Waals surface area (Å²) in [6.07, 6.45) is 12.7. The van der Waals surface area contributed by atoms with Gasteiger partial charge >= 0.3 is 5.97 Å². The molecule has 3 aromatic rings. The van der Waals surface area contributed by atoms with Crippen LogP contribution in [-0.2, 0) is 33.6 Å². The Morgan fingerprint density at radius 3 is 2.52 bits per heavy atom. The minimum atomic E-state index is -0.474. The third-order valence-electron chi connectivity index (χ3n) is 8.70. The van der Waals surface area contributed by atoms with Crippen LogP contribution in [0.4, 0.5) is 0 Å². The van der Waals surface area contributed by atoms with Gasteiger partial charge in [-0.2, -0.15) is 0 Å². The van der Waals surface area contributed by atoms with E-state index in [-0.39, 0.29) is 35.6 Å². The van der Waals surface area contributed by atoms with Gasteiger partial charge in [0, 0.05) is 44.6 Å². The van der Waals surface area contributed by atoms with E-state index in [0.29, 0.717) is 43.3 Å². The van der Waals surface area contributed by atoms with E-state index >= 15 is 0 Å². The van der Waals surface area contributed by atoms with Crippen LogP contribution in [0.25, 0.3) is 0 Å². The second-order valence-electron chi connectivity index (χ2n) is 12.1. The summed E-state index contributed by atoms with van der Waals surface area (Å²) in [5.41, 5.74) is 11.6. The fourth-order valence-electron chi connectivity index (χ4n) is 6.15. The first kappa shape index (κ1) is 34.2. The summed E-state index contributed by atoms with van der Waals surface area (Å²) < 4.78 is 10.8. The van der Waals surface area contributed by atoms with Crippen molar-refractivity contribution < 1.29 is 29.3 Å². The van der Waals surface area contributed by atoms with Crippen LogP contribution in [0, 0.1) is 5.92 Å². The molecular formula is C37H47N3O6. The Morgan fingerprint density at radius 1 is 1.04 bits per heavy atom. The standard InChI is InChI=1S/C37H47N3O6/c1-4-25(9-12-33(46-24(2)41)21-32(43)11-8-26-10-13-35(44)36(17-26)45-3)16-29-22-39-23-30(29)19-34(27-6-5-7-31(42)18-27)28-14-15-40-37(38)20-28/h5-7,10,13-14,17-18,20,22-23,25,33-34,39-40,42,44H,4,8-9,11-12,15-16,19,21,38H2,1-3H3/t25-,33-,34-/m1/s1. The van der Waals surface area contributed by atoms with Gasteiger partial charge in [-0.3, -0.25) is 9.59 Å². The average molecular weight is 630 g/mol. The van der Waals surface area contributed by atoms with Crippen molar-refractivity contribution >= 4 is 11.8 Å². The number of hydrogen-bond donors (Lipinski definition) is 5. The van der Waals surface area contributed by atoms with Crippen molar-refractivity contribution in [3.63, 3.8) is 0 Å². The number of aromatic nitrogens is 1. The number of dihydropyridines is 1. The number of phenols is 2. The lowest BCUT2D eigenvalue weighted by atomic mass is 9.82. The minimum Gasteiger partial charge on any atom is -0.508 e. The van der Waals surface area contributed by atoms with Crippen molar-refractivity contribution in [2.75, 3.05) is 13.7 Å². The lowest BCUT2D eigenvalue weighted by molar-refractivity contribution is -0.148. The lowest BCUT2D eigenvalue weighted by Crippen LogP contribution is -2.25. The van der Waals surface area contributed by atoms with E-state index in [1.54, 1.807) is 24.3 Å². The summed E-state index contributed by atoms with van der Waals surface area (Å²) in [5, 5.41) is 23.2. The molecule has 1 aromatic heterocycles. The van der Waals surface area contributed by atoms with Crippen LogP contribution < -0.4 is 15.8 Å². The molecule has 0 saturated carbocycles. The van der Waals surface area contributed by atoms with Crippen LogP contribution in [0.2, 0.25) is 0 Å². The van der Waals surface area contributed by atoms with Gasteiger partial charge in [0.2, 0.25) is 0 Å². The van der Waals surface area contributed by atoms with Crippen LogP contribution in [0.1, 0.15) is 74.1 Å². The molecule has 6 N–H and O–H groups in total. The summed E-state index contributed by atoms with van der Waals surface area (Å²) in [4.78, 5) is 28.1. The highest BCUT2D eigenvalue weighted by molar-refractivity contribution is 5.79. The number of aromatic amines is 1. The van der Waals surface area contributed by atoms with Gasteiger partial charge in [-0.25, -0.2) is 0 Å². The SMILES string of the molecule is CC[C@H](CC[C@H](CC(=O)CCc1ccc(O)c(OC)c1)OC(C)=O)Cc1c[nH]cc1C[C@@H](C1=CCNC(N)=C1)c1cccc(O)c1. The number of ketones is 1. The van der Waals surface area contributed by atoms with Crippen molar-refractivity contribution in [3.8, 4) is 17.2 Å². The zero-order valence-corrected chi connectivity index (χ0v) is 27.1. The van der Waals surface area contributed by atoms with Gasteiger partial charge in [0.1, 0.15) is 17.6 Å². The van der Waals surface area contributed by atoms with Gasteiger partial charge in [-0.05, 0) is 96.2 Å². The van der Waals surface area contributed by atoms with E-state index in [4.69, 9.17) is 15.2 Å². The number of phenolic OH excluding ortho intramolecular Hbond substituents is 2. The van der Waals surface area contributed by atoms with E-state index in [1.165, 1.54) is 25.2 Å². The molecular weight excluding hydrogens is 582 g/mol. The average Bonchev–Trinajstić information content (AvgIpc) is 3.47. The molecule has 4 rings (SSSR count). The molecule has 1 aliphatic heterocycles. The van der Waals surface area contributed by atoms with Gasteiger partial charge < -0.3 is 35.7 Å². The maximum Gasteiger partial charge on any atom is 0.302 e. The largest absolute Gasteiger partial charge is 0.508 e. The number of rotatable bonds is 17. The number of methoxy groups -OCH3 is 1. The van der Waals surface area contributed by atoms with E-state index in [2.05, 4.69) is 35.7 Å². The number of carbonyl (C=O) groups excluding carboxylic acids is 2. The Hall–Kier alpha value is -4.66. The van der Waals surface area contributed by atoms with Crippen molar-refractivity contribution in [2.24, 2.45) is 11.7 Å². The highest BCUT2D eigenvalue weighted by Gasteiger charge is 2.23. The fraction of sp³-hybridized carbons (Fsp3) is 0.405. The fourth-order valence-corrected chi connectivity index (χ4v) is 6.15. The molecule has 9 nitrogen and oxygen atoms in total. The first-order valence-corrected chi connectivity index (χ1v) is 16.0. The van der Waals surface area contributed by atoms with Gasteiger partial charge in [0.15, 0.2) is 11.5 Å². The summed E-state index contributed by atoms with van der Waals surface area (Å²) >= 11 is 0. The Balaban J connectivity index is 1.39. The first-order chi connectivity index (χ1) is 22.1. The number of Topliss-reactive ketones (excluding diaryl/α,β-unsaturated/α-hetero) is 1. The molecule has 0 radical (unpaired) electrons. The number of aryl methyl sites for hydroxylation is 1. The number of ether oxygens (including phenoxy) is 2. The van der Waals surface area contributed by atoms with Crippen molar-refractivity contribution in [1.29, 1.82) is 0 Å². The zero-order valence-electron chi connectivity index (χ0n) is 27.1. The molecule has 3 atom stereocenters. The van der Waals surface area contributed by atoms with Crippen LogP contribution in [0.5, 0.6) is 17.2 Å². The number of H-pyrrole nitrogens is 1. The summed E-state index contributed by atoms with van der Waals surface area (Å²) in [6, 6.07) is 12.5. The highest BCUT2D eigenvalue weighted by atomic mass is 16.5. The number of nitrogens with two attached hydrogens (primary N) is 1. The number of allylic oxidation sites excluding steroid dienone is 2. The molecule has 246 valence electrons. The molecule has 0 unspecified atom stereocenters. The predicted octanol–water partition coefficient (Wildman–Crippen LogP) is 5.96. The highest BCUT2D eigenvalue weighted by Crippen LogP contribution is 2.34. The molecule has 2 aromatic carbocycles. The van der Waals surface area contributed by atoms with E-state index in [9.17, 15) is 19.8 Å². The number of nitrogens with one attached hydrogen (secondary N) is 2. The molecule has 0 spiro atoms. The quantitative estimate of drug-likeness (QED) is 0.115. The minimum absolute atomic E-state index is 0.0180. The molecule has 2 heterocycles. The maximum absolute atomic E-state index is 12.9. The molecule has 0 aliphatic carbocycles. The Morgan fingerprint density at radius 2 is 1.83 bits per heavy atom. The van der Waals surface area contributed by atoms with Gasteiger partial charge in [-0.1, -0.05) is 37.6 Å². The van der Waals surface area contributed by atoms with Gasteiger partial charge in [-0.15, -0.1) is 0 Å². The second-order valence-corrected chi connectivity index (χ2v) is 12.1. The Bertz CT molecular complexity index is 1540. The summed E-state index contributed by atoms with van der Waals surface area (Å²) in [7, 11) is 1.49. The Kier molecular flexibility index (Phi) is 12.3. The van der Waals surface area contributed by atoms with E-state index < -0.39 is 6.10 Å². The zero-order chi connectivity index (χ0) is 33.1. The molecule has 9 heteroatoms. The van der Waals surface area contributed by atoms with Gasteiger partial charge in [0.05, 0.1) is 12.9 Å². The van der Waals surface area contributed by atoms with E-state index in [0.717, 1.165) is 42.4 Å². The van der Waals surface area contributed by atoms with Crippen LogP contribution in [0.15, 0.2) is 78.4 Å². The van der Waals surface area contributed by atoms with Crippen molar-refractivity contribution in [2.45, 2.75) is 77.2 Å². The smallest absolute Gasteiger partial charge is 0.302 e. The molecule has 0 fully saturated rings. The number of aromatic hydroxyl groups is 2. The molecule has 0 amide bonds. The summed E-state index contributed by atoms with van der Waals surface area (Å²) in [5.74, 6) is 1.28. The van der Waals surface area contributed by atoms with Crippen LogP contribution in [0.3, 0.4) is 0 Å². The van der Waals surface area contributed by atoms with Crippen LogP contribution >= 0.6 is 0 Å². The molecule has 0 bridgehead atoms. The van der Waals surface area contributed by atoms with Gasteiger partial charge in [0.25, 0.3) is 0 Å². The second kappa shape index (κ2) is 16.6. The third kappa shape index (κ3) is 9.92. The summed E-state index contributed by atoms with van der Waals surface area (Å²) in [6.45, 7) is 4.20. The number of esters is 1. The first-order valence-electron chi connectivity index (χ1n) is 16.0. The Labute approximate surface area is 271 Å². The normalized spacial score (nSPS) is 14.8. The van der Waals surface area contributed by atoms with Crippen LogP contribution in [-0.4, -0.2) is 46.7 Å². The maximum atomic E-state index is 12.9. The molecule has 0 saturated heterocycles. The lowest BCUT2D eigenvalue weighted by Gasteiger charge is -2.24. The predicted molar refractivity (Wildman–Crippen MR) is 179 cm³/mol. The number of hydrogen-bond acceptors (Lipinski definition) is 8. The van der Waals surface area contributed by atoms with E-state index in [1.807, 2.05) is 24.3 Å². The molecule has 46 heavy (non-hydrogen) atoms. The van der Waals surface area contributed by atoms with Crippen molar-refractivity contribution in [3.05, 3.63) is 101 Å². The van der Waals surface area contributed by atoms with Crippen molar-refractivity contribution in [1.82, 2.24) is 10.3 Å². The third-order valence-corrected chi connectivity index (χ3v) is 8.70. The topological polar surface area (TPSA) is 147 Å². The monoisotopic (exact) mass is 629 g/mol. The number of benzene rings is 2. The molecule has 1 aliphatic rings.